The largest absolute Gasteiger partial charge is 0.469 e. The van der Waals surface area contributed by atoms with Crippen LogP contribution < -0.4 is 5.32 Å². The van der Waals surface area contributed by atoms with Crippen molar-refractivity contribution in [2.24, 2.45) is 17.3 Å². The Morgan fingerprint density at radius 1 is 1.33 bits per heavy atom. The summed E-state index contributed by atoms with van der Waals surface area (Å²) in [6, 6.07) is 0. The number of hydrogen-bond acceptors (Lipinski definition) is 3. The first-order valence-corrected chi connectivity index (χ1v) is 5.56. The van der Waals surface area contributed by atoms with Crippen molar-refractivity contribution in [3.8, 4) is 0 Å². The summed E-state index contributed by atoms with van der Waals surface area (Å²) in [4.78, 5) is 11.4. The number of nitrogens with one attached hydrogen (secondary N) is 1. The van der Waals surface area contributed by atoms with Crippen LogP contribution in [0.4, 0.5) is 0 Å². The van der Waals surface area contributed by atoms with Crippen LogP contribution in [0.3, 0.4) is 0 Å². The highest BCUT2D eigenvalue weighted by molar-refractivity contribution is 5.72. The Bertz CT molecular complexity index is 194. The Hall–Kier alpha value is -0.570. The molecule has 1 unspecified atom stereocenters. The van der Waals surface area contributed by atoms with Gasteiger partial charge in [-0.1, -0.05) is 34.6 Å². The monoisotopic (exact) mass is 215 g/mol. The average molecular weight is 215 g/mol. The first-order valence-electron chi connectivity index (χ1n) is 5.56. The molecule has 0 aliphatic rings. The first kappa shape index (κ1) is 14.4. The Morgan fingerprint density at radius 2 is 1.87 bits per heavy atom. The smallest absolute Gasteiger partial charge is 0.310 e. The molecule has 0 aromatic carbocycles. The summed E-state index contributed by atoms with van der Waals surface area (Å²) in [5.41, 5.74) is 0.248. The third-order valence-electron chi connectivity index (χ3n) is 2.33. The molecule has 3 heteroatoms. The quantitative estimate of drug-likeness (QED) is 0.713. The molecule has 90 valence electrons. The molecular formula is C12H25NO2. The zero-order valence-corrected chi connectivity index (χ0v) is 10.9. The van der Waals surface area contributed by atoms with Crippen LogP contribution >= 0.6 is 0 Å². The van der Waals surface area contributed by atoms with Gasteiger partial charge in [-0.25, -0.2) is 0 Å². The number of carbonyl (C=O) groups is 1. The fraction of sp³-hybridized carbons (Fsp3) is 0.917. The van der Waals surface area contributed by atoms with Gasteiger partial charge in [0.25, 0.3) is 0 Å². The lowest BCUT2D eigenvalue weighted by molar-refractivity contribution is -0.146. The van der Waals surface area contributed by atoms with Crippen molar-refractivity contribution in [1.82, 2.24) is 5.32 Å². The molecule has 0 aliphatic carbocycles. The van der Waals surface area contributed by atoms with Gasteiger partial charge in [0.05, 0.1) is 13.0 Å². The third-order valence-corrected chi connectivity index (χ3v) is 2.33. The van der Waals surface area contributed by atoms with E-state index in [-0.39, 0.29) is 17.3 Å². The average Bonchev–Trinajstić information content (AvgIpc) is 2.09. The molecule has 1 atom stereocenters. The fourth-order valence-electron chi connectivity index (χ4n) is 1.35. The molecule has 0 heterocycles. The summed E-state index contributed by atoms with van der Waals surface area (Å²) in [5, 5.41) is 3.32. The molecular weight excluding hydrogens is 190 g/mol. The Morgan fingerprint density at radius 3 is 2.20 bits per heavy atom. The van der Waals surface area contributed by atoms with Crippen LogP contribution in [0.1, 0.15) is 34.6 Å². The lowest BCUT2D eigenvalue weighted by Crippen LogP contribution is -2.36. The second kappa shape index (κ2) is 6.11. The van der Waals surface area contributed by atoms with Crippen LogP contribution in [0.2, 0.25) is 0 Å². The number of ether oxygens (including phenoxy) is 1. The van der Waals surface area contributed by atoms with Crippen LogP contribution in [0, 0.1) is 17.3 Å². The molecule has 0 aromatic heterocycles. The topological polar surface area (TPSA) is 38.3 Å². The summed E-state index contributed by atoms with van der Waals surface area (Å²) in [7, 11) is 1.45. The molecule has 3 nitrogen and oxygen atoms in total. The molecule has 0 rings (SSSR count). The van der Waals surface area contributed by atoms with Gasteiger partial charge in [0.2, 0.25) is 0 Å². The van der Waals surface area contributed by atoms with E-state index in [9.17, 15) is 4.79 Å². The van der Waals surface area contributed by atoms with E-state index in [2.05, 4.69) is 26.1 Å². The second-order valence-corrected chi connectivity index (χ2v) is 5.57. The Balaban J connectivity index is 4.04. The van der Waals surface area contributed by atoms with Crippen molar-refractivity contribution in [2.45, 2.75) is 34.6 Å². The van der Waals surface area contributed by atoms with Gasteiger partial charge >= 0.3 is 5.97 Å². The van der Waals surface area contributed by atoms with Gasteiger partial charge in [-0.15, -0.1) is 0 Å². The lowest BCUT2D eigenvalue weighted by atomic mass is 9.94. The van der Waals surface area contributed by atoms with Crippen molar-refractivity contribution in [2.75, 3.05) is 20.2 Å². The van der Waals surface area contributed by atoms with Crippen molar-refractivity contribution in [3.63, 3.8) is 0 Å². The van der Waals surface area contributed by atoms with Gasteiger partial charge < -0.3 is 10.1 Å². The molecule has 0 fully saturated rings. The highest BCUT2D eigenvalue weighted by Gasteiger charge is 2.23. The molecule has 0 saturated carbocycles. The van der Waals surface area contributed by atoms with E-state index in [1.807, 2.05) is 13.8 Å². The van der Waals surface area contributed by atoms with Crippen molar-refractivity contribution >= 4 is 5.97 Å². The van der Waals surface area contributed by atoms with Gasteiger partial charge in [0.15, 0.2) is 0 Å². The summed E-state index contributed by atoms with van der Waals surface area (Å²) < 4.78 is 4.78. The maximum absolute atomic E-state index is 11.4. The number of carbonyl (C=O) groups excluding carboxylic acids is 1. The van der Waals surface area contributed by atoms with E-state index in [0.717, 1.165) is 6.54 Å². The molecule has 15 heavy (non-hydrogen) atoms. The molecule has 0 spiro atoms. The van der Waals surface area contributed by atoms with E-state index in [4.69, 9.17) is 4.74 Å². The van der Waals surface area contributed by atoms with Crippen LogP contribution in [0.15, 0.2) is 0 Å². The van der Waals surface area contributed by atoms with Crippen LogP contribution in [-0.4, -0.2) is 26.2 Å². The number of esters is 1. The van der Waals surface area contributed by atoms with Crippen molar-refractivity contribution in [3.05, 3.63) is 0 Å². The highest BCUT2D eigenvalue weighted by Crippen LogP contribution is 2.14. The molecule has 0 saturated heterocycles. The number of hydrogen-bond donors (Lipinski definition) is 1. The van der Waals surface area contributed by atoms with Gasteiger partial charge in [-0.3, -0.25) is 4.79 Å². The Kier molecular flexibility index (Phi) is 5.88. The zero-order valence-electron chi connectivity index (χ0n) is 10.9. The van der Waals surface area contributed by atoms with Crippen molar-refractivity contribution < 1.29 is 9.53 Å². The maximum atomic E-state index is 11.4. The minimum Gasteiger partial charge on any atom is -0.469 e. The second-order valence-electron chi connectivity index (χ2n) is 5.57. The molecule has 0 bridgehead atoms. The standard InChI is InChI=1S/C12H25NO2/c1-9(2)10(11(14)15-6)7-13-8-12(3,4)5/h9-10,13H,7-8H2,1-6H3. The lowest BCUT2D eigenvalue weighted by Gasteiger charge is -2.23. The highest BCUT2D eigenvalue weighted by atomic mass is 16.5. The van der Waals surface area contributed by atoms with Crippen LogP contribution in [0.5, 0.6) is 0 Å². The van der Waals surface area contributed by atoms with Gasteiger partial charge in [0, 0.05) is 13.1 Å². The van der Waals surface area contributed by atoms with Crippen LogP contribution in [0.25, 0.3) is 0 Å². The van der Waals surface area contributed by atoms with Crippen molar-refractivity contribution in [1.29, 1.82) is 0 Å². The minimum absolute atomic E-state index is 0.0441. The molecule has 0 amide bonds. The number of methoxy groups -OCH3 is 1. The maximum Gasteiger partial charge on any atom is 0.310 e. The zero-order chi connectivity index (χ0) is 12.1. The van der Waals surface area contributed by atoms with E-state index in [1.165, 1.54) is 7.11 Å². The van der Waals surface area contributed by atoms with E-state index in [1.54, 1.807) is 0 Å². The fourth-order valence-corrected chi connectivity index (χ4v) is 1.35. The van der Waals surface area contributed by atoms with E-state index < -0.39 is 0 Å². The minimum atomic E-state index is -0.119. The third kappa shape index (κ3) is 6.50. The van der Waals surface area contributed by atoms with Gasteiger partial charge in [-0.05, 0) is 11.3 Å². The number of rotatable bonds is 5. The molecule has 0 radical (unpaired) electrons. The molecule has 0 aromatic rings. The normalized spacial score (nSPS) is 14.1. The van der Waals surface area contributed by atoms with E-state index >= 15 is 0 Å². The van der Waals surface area contributed by atoms with E-state index in [0.29, 0.717) is 12.5 Å². The van der Waals surface area contributed by atoms with Gasteiger partial charge in [0.1, 0.15) is 0 Å². The SMILES string of the molecule is COC(=O)C(CNCC(C)(C)C)C(C)C. The summed E-state index contributed by atoms with van der Waals surface area (Å²) in [6.07, 6.45) is 0. The van der Waals surface area contributed by atoms with Gasteiger partial charge in [-0.2, -0.15) is 0 Å². The predicted molar refractivity (Wildman–Crippen MR) is 62.7 cm³/mol. The summed E-state index contributed by atoms with van der Waals surface area (Å²) >= 11 is 0. The predicted octanol–water partition coefficient (Wildman–Crippen LogP) is 2.07. The van der Waals surface area contributed by atoms with Crippen LogP contribution in [-0.2, 0) is 9.53 Å². The first-order chi connectivity index (χ1) is 6.78. The Labute approximate surface area is 93.6 Å². The summed E-state index contributed by atoms with van der Waals surface area (Å²) in [5.74, 6) is 0.147. The molecule has 1 N–H and O–H groups in total. The molecule has 0 aliphatic heterocycles. The summed E-state index contributed by atoms with van der Waals surface area (Å²) in [6.45, 7) is 12.2.